The van der Waals surface area contributed by atoms with Crippen LogP contribution >= 0.6 is 0 Å². The molecule has 0 aliphatic carbocycles. The summed E-state index contributed by atoms with van der Waals surface area (Å²) in [5, 5.41) is 7.21. The monoisotopic (exact) mass is 379 g/mol. The van der Waals surface area contributed by atoms with Crippen LogP contribution in [0.25, 0.3) is 11.3 Å². The minimum atomic E-state index is -0.188. The predicted molar refractivity (Wildman–Crippen MR) is 104 cm³/mol. The van der Waals surface area contributed by atoms with E-state index in [9.17, 15) is 9.59 Å². The molecule has 9 heteroatoms. The first-order chi connectivity index (χ1) is 13.5. The molecule has 1 saturated heterocycles. The summed E-state index contributed by atoms with van der Waals surface area (Å²) in [5.41, 5.74) is 2.07. The summed E-state index contributed by atoms with van der Waals surface area (Å²) in [6.45, 7) is 1.39. The van der Waals surface area contributed by atoms with Gasteiger partial charge in [0.15, 0.2) is 0 Å². The van der Waals surface area contributed by atoms with E-state index in [0.29, 0.717) is 18.1 Å². The first-order valence-electron chi connectivity index (χ1n) is 9.04. The van der Waals surface area contributed by atoms with Crippen molar-refractivity contribution >= 4 is 11.9 Å². The Bertz CT molecular complexity index is 1070. The van der Waals surface area contributed by atoms with Crippen molar-refractivity contribution in [3.8, 4) is 11.3 Å². The van der Waals surface area contributed by atoms with E-state index >= 15 is 0 Å². The van der Waals surface area contributed by atoms with Gasteiger partial charge in [-0.25, -0.2) is 9.97 Å². The number of anilines is 1. The summed E-state index contributed by atoms with van der Waals surface area (Å²) in [5.74, 6) is 0.452. The van der Waals surface area contributed by atoms with Crippen LogP contribution in [0.3, 0.4) is 0 Å². The molecule has 4 rings (SSSR count). The van der Waals surface area contributed by atoms with Crippen LogP contribution in [0.15, 0.2) is 47.8 Å². The van der Waals surface area contributed by atoms with E-state index in [0.717, 1.165) is 24.2 Å². The highest BCUT2D eigenvalue weighted by Crippen LogP contribution is 2.21. The third-order valence-electron chi connectivity index (χ3n) is 4.80. The molecule has 0 aromatic carbocycles. The van der Waals surface area contributed by atoms with Gasteiger partial charge in [-0.05, 0) is 18.6 Å². The van der Waals surface area contributed by atoms with Gasteiger partial charge >= 0.3 is 0 Å². The van der Waals surface area contributed by atoms with Crippen LogP contribution < -0.4 is 15.8 Å². The van der Waals surface area contributed by atoms with Gasteiger partial charge in [0.2, 0.25) is 11.5 Å². The Morgan fingerprint density at radius 1 is 1.21 bits per heavy atom. The average Bonchev–Trinajstić information content (AvgIpc) is 3.33. The fraction of sp³-hybridized carbons (Fsp3) is 0.316. The van der Waals surface area contributed by atoms with Crippen LogP contribution in [0.5, 0.6) is 0 Å². The Kier molecular flexibility index (Phi) is 4.64. The lowest BCUT2D eigenvalue weighted by molar-refractivity contribution is 0.0939. The Morgan fingerprint density at radius 3 is 2.82 bits per heavy atom. The van der Waals surface area contributed by atoms with Crippen molar-refractivity contribution in [3.05, 3.63) is 58.9 Å². The number of nitrogens with one attached hydrogen (secondary N) is 1. The number of nitrogens with zero attached hydrogens (tertiary/aromatic N) is 6. The molecule has 1 aliphatic heterocycles. The normalized spacial score (nSPS) is 16.4. The first-order valence-corrected chi connectivity index (χ1v) is 9.04. The smallest absolute Gasteiger partial charge is 0.253 e. The number of hydrogen-bond acceptors (Lipinski definition) is 6. The van der Waals surface area contributed by atoms with Crippen molar-refractivity contribution in [2.24, 2.45) is 14.1 Å². The lowest BCUT2D eigenvalue weighted by atomic mass is 10.2. The van der Waals surface area contributed by atoms with Gasteiger partial charge in [0.25, 0.3) is 5.91 Å². The Labute approximate surface area is 161 Å². The molecule has 1 aliphatic rings. The van der Waals surface area contributed by atoms with E-state index in [-0.39, 0.29) is 17.5 Å². The average molecular weight is 379 g/mol. The van der Waals surface area contributed by atoms with Crippen LogP contribution in [0.2, 0.25) is 0 Å². The fourth-order valence-corrected chi connectivity index (χ4v) is 3.27. The largest absolute Gasteiger partial charge is 0.347 e. The highest BCUT2D eigenvalue weighted by atomic mass is 16.2. The number of pyridine rings is 1. The molecule has 144 valence electrons. The Hall–Kier alpha value is -3.49. The van der Waals surface area contributed by atoms with Gasteiger partial charge in [-0.15, -0.1) is 0 Å². The van der Waals surface area contributed by atoms with E-state index in [2.05, 4.69) is 25.3 Å². The van der Waals surface area contributed by atoms with Gasteiger partial charge in [-0.2, -0.15) is 5.10 Å². The standard InChI is InChI=1S/C19H21N7O2/c1-24-10-13(3-4-17(24)27)18(28)22-15-6-8-26(12-15)19-20-7-5-16(23-19)14-9-21-25(2)11-14/h3-5,7,9-11,15H,6,8,12H2,1-2H3,(H,22,28). The number of carbonyl (C=O) groups excluding carboxylic acids is 1. The molecule has 0 radical (unpaired) electrons. The summed E-state index contributed by atoms with van der Waals surface area (Å²) >= 11 is 0. The van der Waals surface area contributed by atoms with Crippen molar-refractivity contribution in [1.82, 2.24) is 29.6 Å². The quantitative estimate of drug-likeness (QED) is 0.712. The zero-order chi connectivity index (χ0) is 19.7. The molecular formula is C19H21N7O2. The molecule has 3 aromatic rings. The molecule has 1 amide bonds. The van der Waals surface area contributed by atoms with Crippen molar-refractivity contribution in [2.75, 3.05) is 18.0 Å². The topological polar surface area (TPSA) is 97.9 Å². The van der Waals surface area contributed by atoms with Gasteiger partial charge in [-0.3, -0.25) is 14.3 Å². The summed E-state index contributed by atoms with van der Waals surface area (Å²) in [7, 11) is 3.49. The number of aromatic nitrogens is 5. The van der Waals surface area contributed by atoms with Crippen molar-refractivity contribution < 1.29 is 4.79 Å². The third kappa shape index (κ3) is 3.64. The van der Waals surface area contributed by atoms with E-state index in [1.54, 1.807) is 36.4 Å². The van der Waals surface area contributed by atoms with Crippen molar-refractivity contribution in [3.63, 3.8) is 0 Å². The lowest BCUT2D eigenvalue weighted by Crippen LogP contribution is -2.37. The van der Waals surface area contributed by atoms with Gasteiger partial charge in [0.1, 0.15) is 0 Å². The molecule has 1 unspecified atom stereocenters. The molecule has 0 bridgehead atoms. The molecular weight excluding hydrogens is 358 g/mol. The SMILES string of the molecule is Cn1cc(-c2ccnc(N3CCC(NC(=O)c4ccc(=O)n(C)c4)C3)n2)cn1. The van der Waals surface area contributed by atoms with Gasteiger partial charge in [0, 0.05) is 63.4 Å². The number of carbonyl (C=O) groups is 1. The molecule has 0 saturated carbocycles. The second kappa shape index (κ2) is 7.26. The van der Waals surface area contributed by atoms with Crippen LogP contribution in [0.4, 0.5) is 5.95 Å². The maximum absolute atomic E-state index is 12.5. The lowest BCUT2D eigenvalue weighted by Gasteiger charge is -2.17. The minimum absolute atomic E-state index is 0.00428. The second-order valence-electron chi connectivity index (χ2n) is 6.92. The van der Waals surface area contributed by atoms with Gasteiger partial charge in [-0.1, -0.05) is 0 Å². The first kappa shape index (κ1) is 17.9. The zero-order valence-electron chi connectivity index (χ0n) is 15.7. The zero-order valence-corrected chi connectivity index (χ0v) is 15.7. The fourth-order valence-electron chi connectivity index (χ4n) is 3.27. The molecule has 28 heavy (non-hydrogen) atoms. The molecule has 0 spiro atoms. The minimum Gasteiger partial charge on any atom is -0.347 e. The number of aryl methyl sites for hydroxylation is 2. The summed E-state index contributed by atoms with van der Waals surface area (Å²) in [6, 6.07) is 4.80. The van der Waals surface area contributed by atoms with E-state index in [4.69, 9.17) is 0 Å². The number of rotatable bonds is 4. The van der Waals surface area contributed by atoms with E-state index in [1.165, 1.54) is 10.6 Å². The number of hydrogen-bond donors (Lipinski definition) is 1. The van der Waals surface area contributed by atoms with Crippen LogP contribution in [0.1, 0.15) is 16.8 Å². The van der Waals surface area contributed by atoms with Crippen LogP contribution in [-0.4, -0.2) is 49.4 Å². The molecule has 1 N–H and O–H groups in total. The second-order valence-corrected chi connectivity index (χ2v) is 6.92. The summed E-state index contributed by atoms with van der Waals surface area (Å²) in [6.07, 6.45) is 7.77. The Morgan fingerprint density at radius 2 is 2.07 bits per heavy atom. The molecule has 3 aromatic heterocycles. The molecule has 4 heterocycles. The van der Waals surface area contributed by atoms with Crippen LogP contribution in [-0.2, 0) is 14.1 Å². The van der Waals surface area contributed by atoms with Gasteiger partial charge in [0.05, 0.1) is 17.5 Å². The third-order valence-corrected chi connectivity index (χ3v) is 4.80. The maximum atomic E-state index is 12.5. The van der Waals surface area contributed by atoms with Crippen molar-refractivity contribution in [2.45, 2.75) is 12.5 Å². The van der Waals surface area contributed by atoms with E-state index in [1.807, 2.05) is 19.3 Å². The maximum Gasteiger partial charge on any atom is 0.253 e. The number of amides is 1. The van der Waals surface area contributed by atoms with Gasteiger partial charge < -0.3 is 14.8 Å². The molecule has 1 fully saturated rings. The molecule has 1 atom stereocenters. The predicted octanol–water partition coefficient (Wildman–Crippen LogP) is 0.584. The highest BCUT2D eigenvalue weighted by molar-refractivity contribution is 5.94. The van der Waals surface area contributed by atoms with Crippen LogP contribution in [0, 0.1) is 0 Å². The summed E-state index contributed by atoms with van der Waals surface area (Å²) < 4.78 is 3.13. The van der Waals surface area contributed by atoms with Crippen molar-refractivity contribution in [1.29, 1.82) is 0 Å². The Balaban J connectivity index is 1.43. The van der Waals surface area contributed by atoms with E-state index < -0.39 is 0 Å². The molecule has 9 nitrogen and oxygen atoms in total. The summed E-state index contributed by atoms with van der Waals surface area (Å²) in [4.78, 5) is 35.0. The highest BCUT2D eigenvalue weighted by Gasteiger charge is 2.26.